The minimum Gasteiger partial charge on any atom is -0.384 e. The first-order chi connectivity index (χ1) is 9.74. The first-order valence-electron chi connectivity index (χ1n) is 7.30. The molecule has 2 aromatic rings. The predicted octanol–water partition coefficient (Wildman–Crippen LogP) is 3.49. The quantitative estimate of drug-likeness (QED) is 0.925. The van der Waals surface area contributed by atoms with Crippen molar-refractivity contribution >= 4 is 5.82 Å². The maximum absolute atomic E-state index is 5.62. The average Bonchev–Trinajstić information content (AvgIpc) is 3.02. The van der Waals surface area contributed by atoms with Crippen LogP contribution in [0.4, 0.5) is 5.82 Å². The van der Waals surface area contributed by atoms with E-state index in [0.717, 1.165) is 5.56 Å². The summed E-state index contributed by atoms with van der Waals surface area (Å²) in [7, 11) is 0. The molecule has 1 atom stereocenters. The molecule has 3 heteroatoms. The zero-order valence-corrected chi connectivity index (χ0v) is 11.9. The van der Waals surface area contributed by atoms with Crippen molar-refractivity contribution in [3.05, 3.63) is 48.2 Å². The van der Waals surface area contributed by atoms with Gasteiger partial charge in [0.05, 0.1) is 0 Å². The summed E-state index contributed by atoms with van der Waals surface area (Å²) in [6.45, 7) is 4.75. The Balaban J connectivity index is 1.78. The van der Waals surface area contributed by atoms with E-state index in [9.17, 15) is 0 Å². The highest BCUT2D eigenvalue weighted by Crippen LogP contribution is 2.27. The summed E-state index contributed by atoms with van der Waals surface area (Å²) in [6, 6.07) is 13.2. The van der Waals surface area contributed by atoms with E-state index in [-0.39, 0.29) is 0 Å². The van der Waals surface area contributed by atoms with E-state index in [1.54, 1.807) is 0 Å². The first-order valence-corrected chi connectivity index (χ1v) is 7.30. The monoisotopic (exact) mass is 267 g/mol. The third-order valence-corrected chi connectivity index (χ3v) is 4.20. The molecule has 2 heterocycles. The highest BCUT2D eigenvalue weighted by Gasteiger charge is 2.19. The van der Waals surface area contributed by atoms with Gasteiger partial charge >= 0.3 is 0 Å². The molecule has 1 saturated heterocycles. The van der Waals surface area contributed by atoms with Gasteiger partial charge in [-0.25, -0.2) is 4.98 Å². The Morgan fingerprint density at radius 2 is 1.65 bits per heavy atom. The number of nitrogens with zero attached hydrogens (tertiary/aromatic N) is 2. The number of aromatic nitrogens is 1. The van der Waals surface area contributed by atoms with Crippen LogP contribution >= 0.6 is 0 Å². The van der Waals surface area contributed by atoms with Gasteiger partial charge in [0.1, 0.15) is 5.82 Å². The Kier molecular flexibility index (Phi) is 3.70. The molecule has 20 heavy (non-hydrogen) atoms. The van der Waals surface area contributed by atoms with Gasteiger partial charge in [-0.3, -0.25) is 4.90 Å². The predicted molar refractivity (Wildman–Crippen MR) is 83.3 cm³/mol. The highest BCUT2D eigenvalue weighted by atomic mass is 15.2. The molecule has 1 aliphatic rings. The third-order valence-electron chi connectivity index (χ3n) is 4.20. The van der Waals surface area contributed by atoms with Crippen LogP contribution in [-0.4, -0.2) is 23.0 Å². The van der Waals surface area contributed by atoms with Gasteiger partial charge in [0.25, 0.3) is 0 Å². The second-order valence-corrected chi connectivity index (χ2v) is 5.51. The maximum Gasteiger partial charge on any atom is 0.123 e. The van der Waals surface area contributed by atoms with Gasteiger partial charge in [-0.15, -0.1) is 0 Å². The van der Waals surface area contributed by atoms with Gasteiger partial charge in [0.15, 0.2) is 0 Å². The number of hydrogen-bond donors (Lipinski definition) is 1. The molecule has 1 aromatic heterocycles. The molecule has 0 radical (unpaired) electrons. The molecule has 0 bridgehead atoms. The SMILES string of the molecule is C[C@@H](c1ccc(-c2ccc(N)nc2)cc1)N1CCCC1. The van der Waals surface area contributed by atoms with Gasteiger partial charge in [0, 0.05) is 17.8 Å². The lowest BCUT2D eigenvalue weighted by atomic mass is 10.0. The molecule has 0 amide bonds. The number of hydrogen-bond acceptors (Lipinski definition) is 3. The zero-order chi connectivity index (χ0) is 13.9. The molecule has 1 aromatic carbocycles. The fourth-order valence-corrected chi connectivity index (χ4v) is 2.87. The average molecular weight is 267 g/mol. The first kappa shape index (κ1) is 13.1. The van der Waals surface area contributed by atoms with Crippen molar-refractivity contribution in [1.29, 1.82) is 0 Å². The summed E-state index contributed by atoms with van der Waals surface area (Å²) in [4.78, 5) is 6.70. The normalized spacial score (nSPS) is 17.2. The number of rotatable bonds is 3. The molecule has 0 unspecified atom stereocenters. The van der Waals surface area contributed by atoms with Crippen molar-refractivity contribution in [1.82, 2.24) is 9.88 Å². The molecule has 2 N–H and O–H groups in total. The van der Waals surface area contributed by atoms with Crippen LogP contribution in [0.2, 0.25) is 0 Å². The van der Waals surface area contributed by atoms with Crippen LogP contribution in [0, 0.1) is 0 Å². The molecule has 3 rings (SSSR count). The number of likely N-dealkylation sites (tertiary alicyclic amines) is 1. The third kappa shape index (κ3) is 2.68. The van der Waals surface area contributed by atoms with Crippen LogP contribution in [-0.2, 0) is 0 Å². The Labute approximate surface area is 120 Å². The zero-order valence-electron chi connectivity index (χ0n) is 11.9. The smallest absolute Gasteiger partial charge is 0.123 e. The van der Waals surface area contributed by atoms with E-state index in [0.29, 0.717) is 11.9 Å². The number of benzene rings is 1. The summed E-state index contributed by atoms with van der Waals surface area (Å²) >= 11 is 0. The topological polar surface area (TPSA) is 42.1 Å². The van der Waals surface area contributed by atoms with E-state index in [4.69, 9.17) is 5.73 Å². The lowest BCUT2D eigenvalue weighted by Gasteiger charge is -2.24. The highest BCUT2D eigenvalue weighted by molar-refractivity contribution is 5.63. The number of pyridine rings is 1. The molecule has 0 spiro atoms. The summed E-state index contributed by atoms with van der Waals surface area (Å²) < 4.78 is 0. The lowest BCUT2D eigenvalue weighted by molar-refractivity contribution is 0.263. The van der Waals surface area contributed by atoms with Crippen molar-refractivity contribution in [2.24, 2.45) is 0 Å². The molecule has 0 saturated carbocycles. The molecule has 104 valence electrons. The van der Waals surface area contributed by atoms with Crippen LogP contribution in [0.15, 0.2) is 42.6 Å². The van der Waals surface area contributed by atoms with Gasteiger partial charge < -0.3 is 5.73 Å². The summed E-state index contributed by atoms with van der Waals surface area (Å²) in [5.74, 6) is 0.563. The molecule has 3 nitrogen and oxygen atoms in total. The fourth-order valence-electron chi connectivity index (χ4n) is 2.87. The Hall–Kier alpha value is -1.87. The van der Waals surface area contributed by atoms with E-state index in [2.05, 4.69) is 41.1 Å². The second-order valence-electron chi connectivity index (χ2n) is 5.51. The molecule has 0 aliphatic carbocycles. The largest absolute Gasteiger partial charge is 0.384 e. The van der Waals surface area contributed by atoms with Crippen molar-refractivity contribution in [2.75, 3.05) is 18.8 Å². The van der Waals surface area contributed by atoms with Gasteiger partial charge in [-0.1, -0.05) is 24.3 Å². The van der Waals surface area contributed by atoms with E-state index >= 15 is 0 Å². The molecule has 1 fully saturated rings. The van der Waals surface area contributed by atoms with Crippen LogP contribution < -0.4 is 5.73 Å². The van der Waals surface area contributed by atoms with Gasteiger partial charge in [0.2, 0.25) is 0 Å². The van der Waals surface area contributed by atoms with Crippen LogP contribution in [0.3, 0.4) is 0 Å². The molecular weight excluding hydrogens is 246 g/mol. The van der Waals surface area contributed by atoms with Crippen LogP contribution in [0.25, 0.3) is 11.1 Å². The van der Waals surface area contributed by atoms with Crippen molar-refractivity contribution < 1.29 is 0 Å². The van der Waals surface area contributed by atoms with Crippen molar-refractivity contribution in [3.8, 4) is 11.1 Å². The molecular formula is C17H21N3. The Morgan fingerprint density at radius 1 is 1.00 bits per heavy atom. The van der Waals surface area contributed by atoms with Gasteiger partial charge in [-0.05, 0) is 56.1 Å². The van der Waals surface area contributed by atoms with Crippen LogP contribution in [0.1, 0.15) is 31.4 Å². The van der Waals surface area contributed by atoms with Crippen molar-refractivity contribution in [3.63, 3.8) is 0 Å². The fraction of sp³-hybridized carbons (Fsp3) is 0.353. The summed E-state index contributed by atoms with van der Waals surface area (Å²) in [5.41, 5.74) is 9.31. The Bertz CT molecular complexity index is 554. The van der Waals surface area contributed by atoms with Crippen molar-refractivity contribution in [2.45, 2.75) is 25.8 Å². The minimum absolute atomic E-state index is 0.510. The van der Waals surface area contributed by atoms with E-state index in [1.165, 1.54) is 37.1 Å². The minimum atomic E-state index is 0.510. The number of nitrogens with two attached hydrogens (primary N) is 1. The summed E-state index contributed by atoms with van der Waals surface area (Å²) in [5, 5.41) is 0. The number of nitrogen functional groups attached to an aromatic ring is 1. The van der Waals surface area contributed by atoms with Gasteiger partial charge in [-0.2, -0.15) is 0 Å². The Morgan fingerprint density at radius 3 is 2.25 bits per heavy atom. The lowest BCUT2D eigenvalue weighted by Crippen LogP contribution is -2.23. The standard InChI is InChI=1S/C17H21N3/c1-13(20-10-2-3-11-20)14-4-6-15(7-5-14)16-8-9-17(18)19-12-16/h4-9,12-13H,2-3,10-11H2,1H3,(H2,18,19)/t13-/m0/s1. The molecule has 1 aliphatic heterocycles. The second kappa shape index (κ2) is 5.63. The number of anilines is 1. The van der Waals surface area contributed by atoms with E-state index in [1.807, 2.05) is 18.3 Å². The maximum atomic E-state index is 5.62. The van der Waals surface area contributed by atoms with E-state index < -0.39 is 0 Å². The van der Waals surface area contributed by atoms with Crippen LogP contribution in [0.5, 0.6) is 0 Å². The summed E-state index contributed by atoms with van der Waals surface area (Å²) in [6.07, 6.45) is 4.49.